The van der Waals surface area contributed by atoms with Gasteiger partial charge in [0.2, 0.25) is 17.8 Å². The summed E-state index contributed by atoms with van der Waals surface area (Å²) in [7, 11) is 0. The molecule has 0 atom stereocenters. The summed E-state index contributed by atoms with van der Waals surface area (Å²) < 4.78 is 26.3. The standard InChI is InChI=1S/2C45H26N4O.C43H24N4O/c1-3-12-27(13-4-1)29-16-9-17-30(26-29)44-46-43(28-14-5-2-6-15-28)47-45(48-44)49-35-22-10-20-33-31-18-7-8-19-32(31)34-21-11-23-37-40(34)42-38(50-37)25-24-36(49)41(42)39(33)35;1-3-11-27(12-4-1)28-21-23-30(24-22-28)44-46-43(29-13-5-2-6-14-29)47-45(48-44)49-35-19-9-17-33-31-15-7-8-16-32(31)34-18-10-20-37-40(34)42-38(50-37)26-25-36(49)41(42)39(33)35;1-2-11-26(12-3-1)41-44-42(28-21-20-25-10-4-5-13-27(25)24-28)46-43(45-41)47-33-18-8-16-31-29-14-6-7-15-30(29)32-17-9-19-35-38(32)40-36(48-35)23-22-34(47)39(40)37(31)33/h2*1-26H;1-24H. The highest BCUT2D eigenvalue weighted by Gasteiger charge is 2.31. The second-order valence-electron chi connectivity index (χ2n) is 38.0. The van der Waals surface area contributed by atoms with Crippen LogP contribution >= 0.6 is 0 Å². The largest absolute Gasteiger partial charge is 0.456 e. The van der Waals surface area contributed by atoms with Gasteiger partial charge in [0.05, 0.1) is 33.1 Å². The molecule has 33 rings (SSSR count). The lowest BCUT2D eigenvalue weighted by atomic mass is 9.95. The Balaban J connectivity index is 0.000000100. The quantitative estimate of drug-likeness (QED) is 0.120. The third-order valence-electron chi connectivity index (χ3n) is 29.8. The highest BCUT2D eigenvalue weighted by atomic mass is 16.3. The predicted molar refractivity (Wildman–Crippen MR) is 604 cm³/mol. The van der Waals surface area contributed by atoms with Crippen LogP contribution in [0.25, 0.3) is 315 Å². The van der Waals surface area contributed by atoms with Crippen LogP contribution in [0.15, 0.2) is 474 Å². The average molecular weight is 1890 g/mol. The van der Waals surface area contributed by atoms with Crippen molar-refractivity contribution in [2.24, 2.45) is 0 Å². The van der Waals surface area contributed by atoms with Gasteiger partial charge in [0.25, 0.3) is 0 Å². The van der Waals surface area contributed by atoms with Crippen LogP contribution < -0.4 is 0 Å². The fourth-order valence-corrected chi connectivity index (χ4v) is 23.4. The zero-order chi connectivity index (χ0) is 96.9. The monoisotopic (exact) mass is 1890 g/mol. The summed E-state index contributed by atoms with van der Waals surface area (Å²) in [6.07, 6.45) is 0. The Morgan fingerprint density at radius 3 is 0.716 bits per heavy atom. The third-order valence-corrected chi connectivity index (χ3v) is 29.8. The summed E-state index contributed by atoms with van der Waals surface area (Å²) in [6, 6.07) is 161. The lowest BCUT2D eigenvalue weighted by Gasteiger charge is -2.11. The normalized spacial score (nSPS) is 12.1. The molecule has 0 fully saturated rings. The minimum atomic E-state index is 0.566. The molecule has 0 aliphatic carbocycles. The topological polar surface area (TPSA) is 170 Å². The van der Waals surface area contributed by atoms with Crippen LogP contribution in [0.5, 0.6) is 0 Å². The maximum absolute atomic E-state index is 6.56. The smallest absolute Gasteiger partial charge is 0.238 e. The molecule has 0 aliphatic heterocycles. The number of nitrogens with zero attached hydrogens (tertiary/aromatic N) is 12. The van der Waals surface area contributed by atoms with Gasteiger partial charge in [-0.3, -0.25) is 13.7 Å². The molecule has 686 valence electrons. The summed E-state index contributed by atoms with van der Waals surface area (Å²) in [5.74, 6) is 5.43. The number of fused-ring (bicyclic) bond motifs is 10. The van der Waals surface area contributed by atoms with E-state index in [2.05, 4.69) is 396 Å². The van der Waals surface area contributed by atoms with Crippen LogP contribution in [-0.2, 0) is 0 Å². The number of hydrogen-bond donors (Lipinski definition) is 0. The second kappa shape index (κ2) is 32.6. The van der Waals surface area contributed by atoms with Gasteiger partial charge >= 0.3 is 0 Å². The lowest BCUT2D eigenvalue weighted by Crippen LogP contribution is -2.06. The first-order valence-corrected chi connectivity index (χ1v) is 49.7. The Labute approximate surface area is 842 Å². The maximum Gasteiger partial charge on any atom is 0.238 e. The molecule has 15 nitrogen and oxygen atoms in total. The Morgan fingerprint density at radius 2 is 0.358 bits per heavy atom. The van der Waals surface area contributed by atoms with Crippen molar-refractivity contribution in [2.75, 3.05) is 0 Å². The Kier molecular flexibility index (Phi) is 18.2. The van der Waals surface area contributed by atoms with E-state index in [1.807, 2.05) is 78.9 Å². The van der Waals surface area contributed by atoms with Crippen molar-refractivity contribution in [1.29, 1.82) is 0 Å². The van der Waals surface area contributed by atoms with E-state index in [4.69, 9.17) is 58.1 Å². The molecule has 0 spiro atoms. The van der Waals surface area contributed by atoms with Gasteiger partial charge in [0.15, 0.2) is 34.9 Å². The van der Waals surface area contributed by atoms with Crippen LogP contribution in [0.1, 0.15) is 0 Å². The van der Waals surface area contributed by atoms with E-state index in [0.29, 0.717) is 52.8 Å². The van der Waals surface area contributed by atoms with Gasteiger partial charge in [-0.1, -0.05) is 376 Å². The van der Waals surface area contributed by atoms with E-state index in [1.54, 1.807) is 0 Å². The lowest BCUT2D eigenvalue weighted by molar-refractivity contribution is 0.669. The number of furan rings is 3. The fourth-order valence-electron chi connectivity index (χ4n) is 23.4. The van der Waals surface area contributed by atoms with E-state index in [0.717, 1.165) is 187 Å². The summed E-state index contributed by atoms with van der Waals surface area (Å²) in [5.41, 5.74) is 21.6. The molecular formula is C133H76N12O3. The molecule has 15 heteroatoms. The first-order valence-electron chi connectivity index (χ1n) is 49.7. The number of hydrogen-bond acceptors (Lipinski definition) is 12. The molecule has 0 N–H and O–H groups in total. The van der Waals surface area contributed by atoms with Gasteiger partial charge in [-0.25, -0.2) is 15.0 Å². The first-order chi connectivity index (χ1) is 73.4. The molecule has 33 aromatic rings. The molecule has 0 aliphatic rings. The van der Waals surface area contributed by atoms with Crippen LogP contribution in [0.3, 0.4) is 0 Å². The summed E-state index contributed by atoms with van der Waals surface area (Å²) in [4.78, 5) is 46.5. The van der Waals surface area contributed by atoms with Crippen LogP contribution in [-0.4, -0.2) is 58.6 Å². The molecule has 0 bridgehead atoms. The van der Waals surface area contributed by atoms with Gasteiger partial charge in [-0.2, -0.15) is 29.9 Å². The van der Waals surface area contributed by atoms with Gasteiger partial charge in [0, 0.05) is 98.0 Å². The minimum Gasteiger partial charge on any atom is -0.456 e. The maximum atomic E-state index is 6.56. The Bertz CT molecular complexity index is 11200. The molecular weight excluding hydrogens is 1810 g/mol. The molecule has 0 radical (unpaired) electrons. The summed E-state index contributed by atoms with van der Waals surface area (Å²) in [6.45, 7) is 0. The van der Waals surface area contributed by atoms with Crippen LogP contribution in [0, 0.1) is 0 Å². The minimum absolute atomic E-state index is 0.566. The highest BCUT2D eigenvalue weighted by Crippen LogP contribution is 2.53. The zero-order valence-corrected chi connectivity index (χ0v) is 79.0. The second-order valence-corrected chi connectivity index (χ2v) is 38.0. The molecule has 0 unspecified atom stereocenters. The third kappa shape index (κ3) is 12.7. The van der Waals surface area contributed by atoms with Crippen molar-refractivity contribution in [3.63, 3.8) is 0 Å². The van der Waals surface area contributed by atoms with E-state index in [-0.39, 0.29) is 0 Å². The van der Waals surface area contributed by atoms with Gasteiger partial charge in [-0.05, 0) is 183 Å². The molecule has 0 amide bonds. The van der Waals surface area contributed by atoms with E-state index in [1.165, 1.54) is 75.6 Å². The van der Waals surface area contributed by atoms with E-state index < -0.39 is 0 Å². The summed E-state index contributed by atoms with van der Waals surface area (Å²) >= 11 is 0. The van der Waals surface area contributed by atoms with E-state index in [9.17, 15) is 0 Å². The Hall–Kier alpha value is -20.3. The predicted octanol–water partition coefficient (Wildman–Crippen LogP) is 34.3. The number of benzene rings is 21. The van der Waals surface area contributed by atoms with Crippen molar-refractivity contribution in [3.8, 4) is 108 Å². The average Bonchev–Trinajstić information content (AvgIpc) is 1.55. The molecule has 24 aromatic carbocycles. The van der Waals surface area contributed by atoms with Crippen molar-refractivity contribution in [2.45, 2.75) is 0 Å². The zero-order valence-electron chi connectivity index (χ0n) is 79.0. The fraction of sp³-hybridized carbons (Fsp3) is 0. The van der Waals surface area contributed by atoms with Crippen LogP contribution in [0.2, 0.25) is 0 Å². The summed E-state index contributed by atoms with van der Waals surface area (Å²) in [5, 5.41) is 30.2. The van der Waals surface area contributed by atoms with Crippen molar-refractivity contribution < 1.29 is 13.3 Å². The molecule has 9 heterocycles. The van der Waals surface area contributed by atoms with E-state index >= 15 is 0 Å². The Morgan fingerprint density at radius 1 is 0.128 bits per heavy atom. The molecule has 0 saturated heterocycles. The number of rotatable bonds is 11. The van der Waals surface area contributed by atoms with Gasteiger partial charge < -0.3 is 13.3 Å². The van der Waals surface area contributed by atoms with Crippen molar-refractivity contribution in [3.05, 3.63) is 461 Å². The van der Waals surface area contributed by atoms with Gasteiger partial charge in [-0.15, -0.1) is 0 Å². The van der Waals surface area contributed by atoms with Gasteiger partial charge in [0.1, 0.15) is 33.5 Å². The first kappa shape index (κ1) is 82.4. The number of aromatic nitrogens is 12. The highest BCUT2D eigenvalue weighted by molar-refractivity contribution is 6.42. The van der Waals surface area contributed by atoms with Crippen molar-refractivity contribution in [1.82, 2.24) is 58.6 Å². The SMILES string of the molecule is c1ccc(-c2ccc(-c3nc(-c4ccccc4)nc(-n4c5cccc6c7ccccc7c7cccc8oc9ccc4c(c9c87)c65)n3)cc2)cc1.c1ccc(-c2cccc(-c3nc(-c4ccccc4)nc(-n4c5cccc6c7ccccc7c7cccc8oc9ccc4c(c9c87)c65)n3)c2)cc1.c1ccc(-c2nc(-c3ccc4ccccc4c3)nc(-n3c4cccc5c6ccccc6c6cccc7oc8ccc3c(c8c76)c54)n2)cc1. The molecule has 0 saturated carbocycles. The van der Waals surface area contributed by atoms with Crippen molar-refractivity contribution >= 4 is 207 Å². The molecule has 148 heavy (non-hydrogen) atoms. The molecule has 9 aromatic heterocycles. The van der Waals surface area contributed by atoms with Crippen LogP contribution in [0.4, 0.5) is 0 Å².